The van der Waals surface area contributed by atoms with Gasteiger partial charge in [0, 0.05) is 51.0 Å². The third-order valence-electron chi connectivity index (χ3n) is 8.53. The zero-order valence-corrected chi connectivity index (χ0v) is 24.1. The minimum atomic E-state index is -0.555. The quantitative estimate of drug-likeness (QED) is 0.453. The Balaban J connectivity index is 1.03. The van der Waals surface area contributed by atoms with Gasteiger partial charge in [0.15, 0.2) is 0 Å². The van der Waals surface area contributed by atoms with Crippen molar-refractivity contribution in [3.05, 3.63) is 90.5 Å². The summed E-state index contributed by atoms with van der Waals surface area (Å²) < 4.78 is 18.3. The number of anilines is 1. The van der Waals surface area contributed by atoms with Crippen molar-refractivity contribution in [2.75, 3.05) is 50.8 Å². The summed E-state index contributed by atoms with van der Waals surface area (Å²) in [5.74, 6) is 1.77. The second-order valence-corrected chi connectivity index (χ2v) is 11.5. The summed E-state index contributed by atoms with van der Waals surface area (Å²) in [5.41, 5.74) is 2.36. The van der Waals surface area contributed by atoms with Gasteiger partial charge in [-0.1, -0.05) is 48.5 Å². The first-order valence-electron chi connectivity index (χ1n) is 15.2. The molecule has 3 aromatic carbocycles. The number of hydrogen-bond donors (Lipinski definition) is 1. The van der Waals surface area contributed by atoms with Crippen molar-refractivity contribution in [2.24, 2.45) is 0 Å². The molecule has 6 rings (SSSR count). The van der Waals surface area contributed by atoms with Crippen LogP contribution in [0.1, 0.15) is 24.8 Å². The van der Waals surface area contributed by atoms with Crippen LogP contribution in [0, 0.1) is 0 Å². The number of amides is 1. The lowest BCUT2D eigenvalue weighted by atomic mass is 9.94. The fraction of sp³-hybridized carbons (Fsp3) is 0.441. The third kappa shape index (κ3) is 7.31. The van der Waals surface area contributed by atoms with E-state index in [0.717, 1.165) is 56.1 Å². The fourth-order valence-electron chi connectivity index (χ4n) is 6.33. The van der Waals surface area contributed by atoms with Gasteiger partial charge in [0.2, 0.25) is 5.91 Å². The van der Waals surface area contributed by atoms with Crippen LogP contribution in [0.2, 0.25) is 0 Å². The predicted octanol–water partition coefficient (Wildman–Crippen LogP) is 4.33. The Kier molecular flexibility index (Phi) is 9.35. The van der Waals surface area contributed by atoms with Crippen molar-refractivity contribution in [3.63, 3.8) is 0 Å². The van der Waals surface area contributed by atoms with E-state index in [4.69, 9.17) is 14.2 Å². The van der Waals surface area contributed by atoms with E-state index in [1.165, 1.54) is 5.69 Å². The number of piperazine rings is 1. The van der Waals surface area contributed by atoms with Crippen molar-refractivity contribution in [2.45, 2.75) is 50.2 Å². The van der Waals surface area contributed by atoms with Gasteiger partial charge in [-0.15, -0.1) is 0 Å². The molecule has 3 heterocycles. The average molecular weight is 572 g/mol. The topological polar surface area (TPSA) is 74.7 Å². The SMILES string of the molecule is O=C(C[C@@H]1CC[C@H]2[C@@H](COC[C@H](O)CN2Cc2ccc(Oc3ccccc3)cc2)O1)N1CCN(c2ccccc2)CC1. The van der Waals surface area contributed by atoms with Gasteiger partial charge in [-0.05, 0) is 54.8 Å². The van der Waals surface area contributed by atoms with Crippen LogP contribution in [0.3, 0.4) is 0 Å². The van der Waals surface area contributed by atoms with Crippen molar-refractivity contribution in [1.82, 2.24) is 9.80 Å². The highest BCUT2D eigenvalue weighted by Crippen LogP contribution is 2.30. The molecule has 3 aromatic rings. The smallest absolute Gasteiger partial charge is 0.225 e. The van der Waals surface area contributed by atoms with Gasteiger partial charge in [-0.2, -0.15) is 0 Å². The first-order valence-corrected chi connectivity index (χ1v) is 15.2. The molecular formula is C34H41N3O5. The summed E-state index contributed by atoms with van der Waals surface area (Å²) in [6, 6.07) is 28.4. The van der Waals surface area contributed by atoms with Crippen molar-refractivity contribution in [1.29, 1.82) is 0 Å². The standard InChI is InChI=1S/C34H41N3O5/c38-28-23-37(22-26-11-13-30(14-12-26)41-29-9-5-2-6-10-29)32-16-15-31(42-33(32)25-40-24-28)21-34(39)36-19-17-35(18-20-36)27-7-3-1-4-8-27/h1-14,28,31-33,38H,15-25H2/t28-,31+,32+,33-/m1/s1. The molecule has 1 amide bonds. The molecule has 3 saturated heterocycles. The molecule has 0 aromatic heterocycles. The van der Waals surface area contributed by atoms with Crippen LogP contribution >= 0.6 is 0 Å². The molecule has 3 fully saturated rings. The minimum absolute atomic E-state index is 0.112. The molecule has 8 heteroatoms. The molecule has 0 spiro atoms. The number of hydrogen-bond acceptors (Lipinski definition) is 7. The summed E-state index contributed by atoms with van der Waals surface area (Å²) in [4.78, 5) is 19.9. The summed E-state index contributed by atoms with van der Waals surface area (Å²) in [6.45, 7) is 5.06. The number of benzene rings is 3. The van der Waals surface area contributed by atoms with Crippen LogP contribution < -0.4 is 9.64 Å². The first-order chi connectivity index (χ1) is 20.6. The molecule has 0 saturated carbocycles. The van der Waals surface area contributed by atoms with E-state index in [-0.39, 0.29) is 30.8 Å². The monoisotopic (exact) mass is 571 g/mol. The molecule has 42 heavy (non-hydrogen) atoms. The minimum Gasteiger partial charge on any atom is -0.457 e. The van der Waals surface area contributed by atoms with E-state index in [2.05, 4.69) is 46.2 Å². The Labute approximate surface area is 248 Å². The number of aliphatic hydroxyl groups excluding tert-OH is 1. The molecule has 0 radical (unpaired) electrons. The Bertz CT molecular complexity index is 1270. The molecule has 0 bridgehead atoms. The van der Waals surface area contributed by atoms with Gasteiger partial charge < -0.3 is 29.1 Å². The predicted molar refractivity (Wildman–Crippen MR) is 162 cm³/mol. The Hall–Kier alpha value is -3.43. The first kappa shape index (κ1) is 28.7. The van der Waals surface area contributed by atoms with E-state index in [1.54, 1.807) is 0 Å². The van der Waals surface area contributed by atoms with Gasteiger partial charge in [-0.25, -0.2) is 0 Å². The second kappa shape index (κ2) is 13.7. The van der Waals surface area contributed by atoms with E-state index in [9.17, 15) is 9.90 Å². The molecule has 0 unspecified atom stereocenters. The second-order valence-electron chi connectivity index (χ2n) is 11.5. The van der Waals surface area contributed by atoms with Gasteiger partial charge in [0.1, 0.15) is 11.5 Å². The van der Waals surface area contributed by atoms with E-state index >= 15 is 0 Å². The third-order valence-corrected chi connectivity index (χ3v) is 8.53. The maximum atomic E-state index is 13.2. The summed E-state index contributed by atoms with van der Waals surface area (Å²) in [5, 5.41) is 10.6. The van der Waals surface area contributed by atoms with Crippen LogP contribution in [0.15, 0.2) is 84.9 Å². The Morgan fingerprint density at radius 1 is 0.833 bits per heavy atom. The number of carbonyl (C=O) groups excluding carboxylic acids is 1. The number of nitrogens with zero attached hydrogens (tertiary/aromatic N) is 3. The summed E-state index contributed by atoms with van der Waals surface area (Å²) >= 11 is 0. The van der Waals surface area contributed by atoms with E-state index < -0.39 is 6.10 Å². The highest BCUT2D eigenvalue weighted by Gasteiger charge is 2.38. The number of carbonyl (C=O) groups is 1. The molecule has 1 N–H and O–H groups in total. The molecule has 0 aliphatic carbocycles. The fourth-order valence-corrected chi connectivity index (χ4v) is 6.33. The molecule has 4 atom stereocenters. The number of aliphatic hydroxyl groups is 1. The largest absolute Gasteiger partial charge is 0.457 e. The van der Waals surface area contributed by atoms with Crippen LogP contribution in [-0.2, 0) is 20.8 Å². The lowest BCUT2D eigenvalue weighted by Gasteiger charge is -2.45. The Morgan fingerprint density at radius 2 is 1.52 bits per heavy atom. The van der Waals surface area contributed by atoms with Crippen LogP contribution in [-0.4, -0.2) is 91.1 Å². The lowest BCUT2D eigenvalue weighted by molar-refractivity contribution is -0.161. The number of para-hydroxylation sites is 2. The van der Waals surface area contributed by atoms with Crippen molar-refractivity contribution in [3.8, 4) is 11.5 Å². The number of β-amino-alcohol motifs (C(OH)–C–C–N with tert-alkyl or cyclic N) is 1. The normalized spacial score (nSPS) is 25.3. The van der Waals surface area contributed by atoms with Crippen LogP contribution in [0.4, 0.5) is 5.69 Å². The van der Waals surface area contributed by atoms with Gasteiger partial charge >= 0.3 is 0 Å². The van der Waals surface area contributed by atoms with Gasteiger partial charge in [0.25, 0.3) is 0 Å². The highest BCUT2D eigenvalue weighted by molar-refractivity contribution is 5.77. The van der Waals surface area contributed by atoms with Gasteiger partial charge in [-0.3, -0.25) is 9.69 Å². The highest BCUT2D eigenvalue weighted by atomic mass is 16.5. The molecule has 8 nitrogen and oxygen atoms in total. The van der Waals surface area contributed by atoms with Crippen LogP contribution in [0.25, 0.3) is 0 Å². The zero-order valence-electron chi connectivity index (χ0n) is 24.1. The molecule has 3 aliphatic heterocycles. The van der Waals surface area contributed by atoms with Crippen molar-refractivity contribution < 1.29 is 24.1 Å². The number of ether oxygens (including phenoxy) is 3. The maximum Gasteiger partial charge on any atom is 0.225 e. The molecular weight excluding hydrogens is 530 g/mol. The average Bonchev–Trinajstić information content (AvgIpc) is 3.02. The lowest BCUT2D eigenvalue weighted by Crippen LogP contribution is -2.56. The van der Waals surface area contributed by atoms with Gasteiger partial charge in [0.05, 0.1) is 37.9 Å². The number of fused-ring (bicyclic) bond motifs is 1. The molecule has 222 valence electrons. The van der Waals surface area contributed by atoms with E-state index in [0.29, 0.717) is 26.1 Å². The van der Waals surface area contributed by atoms with E-state index in [1.807, 2.05) is 53.4 Å². The number of rotatable bonds is 7. The van der Waals surface area contributed by atoms with Crippen molar-refractivity contribution >= 4 is 11.6 Å². The molecule has 3 aliphatic rings. The summed E-state index contributed by atoms with van der Waals surface area (Å²) in [7, 11) is 0. The Morgan fingerprint density at radius 3 is 2.26 bits per heavy atom. The summed E-state index contributed by atoms with van der Waals surface area (Å²) in [6.07, 6.45) is 1.30. The maximum absolute atomic E-state index is 13.2. The van der Waals surface area contributed by atoms with Crippen LogP contribution in [0.5, 0.6) is 11.5 Å². The zero-order chi connectivity index (χ0) is 28.7.